The number of carbonyl (C=O) groups is 2. The standard InChI is InChI=1S/C17H15N3O4/c1-9(21)11-5-4-6-12(7-11)19-15(22)13-10(2)24-16-14(13)17(23)20(3)8-18-16/h4-8H,1-3H3,(H,19,22). The van der Waals surface area contributed by atoms with Crippen molar-refractivity contribution in [2.75, 3.05) is 5.32 Å². The van der Waals surface area contributed by atoms with Gasteiger partial charge in [-0.2, -0.15) is 0 Å². The number of rotatable bonds is 3. The zero-order valence-corrected chi connectivity index (χ0v) is 13.4. The van der Waals surface area contributed by atoms with Crippen LogP contribution in [0.1, 0.15) is 33.4 Å². The number of hydrogen-bond acceptors (Lipinski definition) is 5. The van der Waals surface area contributed by atoms with E-state index in [0.717, 1.165) is 0 Å². The van der Waals surface area contributed by atoms with Crippen LogP contribution in [0.5, 0.6) is 0 Å². The van der Waals surface area contributed by atoms with Crippen molar-refractivity contribution >= 4 is 28.5 Å². The molecule has 7 heteroatoms. The van der Waals surface area contributed by atoms with Gasteiger partial charge in [0.15, 0.2) is 5.78 Å². The fourth-order valence-corrected chi connectivity index (χ4v) is 2.47. The number of aryl methyl sites for hydroxylation is 2. The summed E-state index contributed by atoms with van der Waals surface area (Å²) in [6.07, 6.45) is 1.34. The van der Waals surface area contributed by atoms with E-state index >= 15 is 0 Å². The molecule has 1 N–H and O–H groups in total. The fourth-order valence-electron chi connectivity index (χ4n) is 2.47. The van der Waals surface area contributed by atoms with Gasteiger partial charge in [-0.1, -0.05) is 12.1 Å². The molecule has 0 saturated heterocycles. The van der Waals surface area contributed by atoms with Crippen LogP contribution in [0.2, 0.25) is 0 Å². The largest absolute Gasteiger partial charge is 0.442 e. The number of Topliss-reactive ketones (excluding diaryl/α,β-unsaturated/α-hetero) is 1. The maximum atomic E-state index is 12.6. The third kappa shape index (κ3) is 2.60. The van der Waals surface area contributed by atoms with Crippen molar-refractivity contribution in [1.82, 2.24) is 9.55 Å². The van der Waals surface area contributed by atoms with Gasteiger partial charge in [0.2, 0.25) is 5.71 Å². The molecule has 0 unspecified atom stereocenters. The van der Waals surface area contributed by atoms with E-state index in [9.17, 15) is 14.4 Å². The smallest absolute Gasteiger partial charge is 0.265 e. The number of fused-ring (bicyclic) bond motifs is 1. The third-order valence-electron chi connectivity index (χ3n) is 3.70. The van der Waals surface area contributed by atoms with Crippen molar-refractivity contribution in [3.05, 3.63) is 57.8 Å². The highest BCUT2D eigenvalue weighted by Crippen LogP contribution is 2.22. The van der Waals surface area contributed by atoms with E-state index in [0.29, 0.717) is 17.0 Å². The Morgan fingerprint density at radius 1 is 1.29 bits per heavy atom. The van der Waals surface area contributed by atoms with E-state index in [-0.39, 0.29) is 28.0 Å². The molecule has 0 spiro atoms. The van der Waals surface area contributed by atoms with Crippen molar-refractivity contribution in [3.63, 3.8) is 0 Å². The molecule has 0 fully saturated rings. The third-order valence-corrected chi connectivity index (χ3v) is 3.70. The topological polar surface area (TPSA) is 94.2 Å². The average molecular weight is 325 g/mol. The van der Waals surface area contributed by atoms with Crippen LogP contribution in [0.3, 0.4) is 0 Å². The maximum absolute atomic E-state index is 12.6. The number of ketones is 1. The normalized spacial score (nSPS) is 10.8. The minimum atomic E-state index is -0.489. The molecule has 1 amide bonds. The number of carbonyl (C=O) groups excluding carboxylic acids is 2. The average Bonchev–Trinajstić information content (AvgIpc) is 2.88. The van der Waals surface area contributed by atoms with Crippen LogP contribution in [0.4, 0.5) is 5.69 Å². The summed E-state index contributed by atoms with van der Waals surface area (Å²) in [5.41, 5.74) is 0.853. The van der Waals surface area contributed by atoms with Crippen LogP contribution in [-0.2, 0) is 7.05 Å². The van der Waals surface area contributed by atoms with E-state index in [1.165, 1.54) is 17.8 Å². The van der Waals surface area contributed by atoms with Gasteiger partial charge in [0, 0.05) is 18.3 Å². The summed E-state index contributed by atoms with van der Waals surface area (Å²) in [5.74, 6) is -0.285. The Morgan fingerprint density at radius 2 is 2.04 bits per heavy atom. The number of aromatic nitrogens is 2. The molecule has 0 aliphatic carbocycles. The van der Waals surface area contributed by atoms with Crippen LogP contribution in [0.25, 0.3) is 11.1 Å². The molecule has 122 valence electrons. The first-order valence-electron chi connectivity index (χ1n) is 7.25. The summed E-state index contributed by atoms with van der Waals surface area (Å²) < 4.78 is 6.70. The highest BCUT2D eigenvalue weighted by molar-refractivity contribution is 6.12. The summed E-state index contributed by atoms with van der Waals surface area (Å²) >= 11 is 0. The molecule has 2 heterocycles. The van der Waals surface area contributed by atoms with E-state index in [2.05, 4.69) is 10.3 Å². The zero-order valence-electron chi connectivity index (χ0n) is 13.4. The molecular weight excluding hydrogens is 310 g/mol. The number of furan rings is 1. The Balaban J connectivity index is 2.05. The van der Waals surface area contributed by atoms with Gasteiger partial charge in [-0.05, 0) is 26.0 Å². The molecular formula is C17H15N3O4. The highest BCUT2D eigenvalue weighted by Gasteiger charge is 2.22. The molecule has 0 aliphatic heterocycles. The van der Waals surface area contributed by atoms with Gasteiger partial charge in [-0.25, -0.2) is 4.98 Å². The number of amides is 1. The van der Waals surface area contributed by atoms with Gasteiger partial charge in [0.25, 0.3) is 11.5 Å². The zero-order chi connectivity index (χ0) is 17.4. The predicted molar refractivity (Wildman–Crippen MR) is 88.4 cm³/mol. The number of nitrogens with one attached hydrogen (secondary N) is 1. The van der Waals surface area contributed by atoms with Crippen LogP contribution < -0.4 is 10.9 Å². The van der Waals surface area contributed by atoms with Gasteiger partial charge < -0.3 is 14.3 Å². The van der Waals surface area contributed by atoms with Gasteiger partial charge in [0.05, 0.1) is 5.56 Å². The van der Waals surface area contributed by atoms with Crippen LogP contribution in [0, 0.1) is 6.92 Å². The van der Waals surface area contributed by atoms with Crippen LogP contribution >= 0.6 is 0 Å². The molecule has 2 aromatic heterocycles. The molecule has 0 bridgehead atoms. The van der Waals surface area contributed by atoms with Crippen molar-refractivity contribution in [1.29, 1.82) is 0 Å². The van der Waals surface area contributed by atoms with E-state index in [1.807, 2.05) is 0 Å². The Kier molecular flexibility index (Phi) is 3.76. The maximum Gasteiger partial charge on any atom is 0.265 e. The Labute approximate surface area is 136 Å². The van der Waals surface area contributed by atoms with E-state index < -0.39 is 5.91 Å². The van der Waals surface area contributed by atoms with Crippen molar-refractivity contribution < 1.29 is 14.0 Å². The van der Waals surface area contributed by atoms with E-state index in [1.54, 1.807) is 38.2 Å². The molecule has 0 radical (unpaired) electrons. The summed E-state index contributed by atoms with van der Waals surface area (Å²) in [4.78, 5) is 40.4. The lowest BCUT2D eigenvalue weighted by atomic mass is 10.1. The number of anilines is 1. The predicted octanol–water partition coefficient (Wildman–Crippen LogP) is 2.29. The monoisotopic (exact) mass is 325 g/mol. The molecule has 1 aromatic carbocycles. The molecule has 3 aromatic rings. The number of hydrogen-bond donors (Lipinski definition) is 1. The van der Waals surface area contributed by atoms with Crippen molar-refractivity contribution in [2.24, 2.45) is 7.05 Å². The minimum Gasteiger partial charge on any atom is -0.442 e. The number of benzene rings is 1. The second kappa shape index (κ2) is 5.77. The Hall–Kier alpha value is -3.22. The quantitative estimate of drug-likeness (QED) is 0.746. The lowest BCUT2D eigenvalue weighted by Gasteiger charge is -2.06. The van der Waals surface area contributed by atoms with Gasteiger partial charge in [0.1, 0.15) is 17.5 Å². The SMILES string of the molecule is CC(=O)c1cccc(NC(=O)c2c(C)oc3ncn(C)c(=O)c23)c1. The molecule has 3 rings (SSSR count). The van der Waals surface area contributed by atoms with Crippen molar-refractivity contribution in [3.8, 4) is 0 Å². The lowest BCUT2D eigenvalue weighted by molar-refractivity contribution is 0.101. The van der Waals surface area contributed by atoms with Crippen molar-refractivity contribution in [2.45, 2.75) is 13.8 Å². The first-order chi connectivity index (χ1) is 11.4. The molecule has 0 aliphatic rings. The first kappa shape index (κ1) is 15.7. The molecule has 24 heavy (non-hydrogen) atoms. The minimum absolute atomic E-state index is 0.103. The summed E-state index contributed by atoms with van der Waals surface area (Å²) in [7, 11) is 1.55. The second-order valence-electron chi connectivity index (χ2n) is 5.47. The highest BCUT2D eigenvalue weighted by atomic mass is 16.3. The summed E-state index contributed by atoms with van der Waals surface area (Å²) in [6.45, 7) is 3.05. The first-order valence-corrected chi connectivity index (χ1v) is 7.25. The number of nitrogens with zero attached hydrogens (tertiary/aromatic N) is 2. The van der Waals surface area contributed by atoms with E-state index in [4.69, 9.17) is 4.42 Å². The summed E-state index contributed by atoms with van der Waals surface area (Å²) in [6, 6.07) is 6.58. The molecule has 0 atom stereocenters. The molecule has 7 nitrogen and oxygen atoms in total. The lowest BCUT2D eigenvalue weighted by Crippen LogP contribution is -2.20. The molecule has 0 saturated carbocycles. The van der Waals surface area contributed by atoms with Crippen LogP contribution in [0.15, 0.2) is 39.8 Å². The van der Waals surface area contributed by atoms with Crippen LogP contribution in [-0.4, -0.2) is 21.2 Å². The second-order valence-corrected chi connectivity index (χ2v) is 5.47. The summed E-state index contributed by atoms with van der Waals surface area (Å²) in [5, 5.41) is 2.83. The Morgan fingerprint density at radius 3 is 2.75 bits per heavy atom. The fraction of sp³-hybridized carbons (Fsp3) is 0.176. The van der Waals surface area contributed by atoms with Gasteiger partial charge in [-0.15, -0.1) is 0 Å². The Bertz CT molecular complexity index is 1030. The van der Waals surface area contributed by atoms with Gasteiger partial charge in [-0.3, -0.25) is 14.4 Å². The van der Waals surface area contributed by atoms with Gasteiger partial charge >= 0.3 is 0 Å².